The Morgan fingerprint density at radius 3 is 2.28 bits per heavy atom. The number of phenols is 1. The quantitative estimate of drug-likeness (QED) is 0.744. The van der Waals surface area contributed by atoms with E-state index in [-0.39, 0.29) is 20.7 Å². The Morgan fingerprint density at radius 1 is 1.12 bits per heavy atom. The van der Waals surface area contributed by atoms with Gasteiger partial charge in [-0.25, -0.2) is 4.90 Å². The molecule has 0 atom stereocenters. The Hall–Kier alpha value is -2.15. The smallest absolute Gasteiger partial charge is 0.298 e. The number of aromatic hydroxyl groups is 1. The lowest BCUT2D eigenvalue weighted by atomic mass is 10.2. The second kappa shape index (κ2) is 7.00. The van der Waals surface area contributed by atoms with E-state index in [9.17, 15) is 14.7 Å². The molecule has 0 aliphatic carbocycles. The summed E-state index contributed by atoms with van der Waals surface area (Å²) in [6, 6.07) is 9.52. The van der Waals surface area contributed by atoms with Crippen molar-refractivity contribution in [2.45, 2.75) is 0 Å². The lowest BCUT2D eigenvalue weighted by Crippen LogP contribution is -2.27. The van der Waals surface area contributed by atoms with Crippen LogP contribution in [0.3, 0.4) is 0 Å². The van der Waals surface area contributed by atoms with Crippen LogP contribution < -0.4 is 9.64 Å². The van der Waals surface area contributed by atoms with Gasteiger partial charge in [0.05, 0.1) is 27.7 Å². The molecule has 1 fully saturated rings. The van der Waals surface area contributed by atoms with Crippen molar-refractivity contribution in [2.75, 3.05) is 12.0 Å². The van der Waals surface area contributed by atoms with Crippen molar-refractivity contribution in [2.24, 2.45) is 0 Å². The van der Waals surface area contributed by atoms with Gasteiger partial charge < -0.3 is 9.84 Å². The number of rotatable bonds is 3. The van der Waals surface area contributed by atoms with Gasteiger partial charge >= 0.3 is 0 Å². The van der Waals surface area contributed by atoms with Gasteiger partial charge in [-0.1, -0.05) is 23.2 Å². The number of hydrogen-bond acceptors (Lipinski definition) is 5. The minimum Gasteiger partial charge on any atom is -0.505 e. The molecule has 0 saturated carbocycles. The summed E-state index contributed by atoms with van der Waals surface area (Å²) in [7, 11) is 1.53. The summed E-state index contributed by atoms with van der Waals surface area (Å²) in [5.74, 6) is -0.0491. The first-order chi connectivity index (χ1) is 11.9. The Balaban J connectivity index is 1.92. The number of ether oxygens (including phenoxy) is 1. The summed E-state index contributed by atoms with van der Waals surface area (Å²) < 4.78 is 5.07. The van der Waals surface area contributed by atoms with Crippen molar-refractivity contribution in [1.29, 1.82) is 0 Å². The number of nitrogens with zero attached hydrogens (tertiary/aromatic N) is 1. The second-order valence-electron chi connectivity index (χ2n) is 5.05. The predicted octanol–water partition coefficient (Wildman–Crippen LogP) is 4.95. The van der Waals surface area contributed by atoms with Gasteiger partial charge in [-0.2, -0.15) is 0 Å². The third-order valence-electron chi connectivity index (χ3n) is 3.46. The number of carbonyl (C=O) groups is 2. The van der Waals surface area contributed by atoms with Gasteiger partial charge in [-0.3, -0.25) is 9.59 Å². The molecular formula is C17H11Cl2NO4S. The number of anilines is 1. The highest BCUT2D eigenvalue weighted by Crippen LogP contribution is 2.38. The van der Waals surface area contributed by atoms with Gasteiger partial charge in [0.1, 0.15) is 5.75 Å². The van der Waals surface area contributed by atoms with Crippen molar-refractivity contribution in [3.63, 3.8) is 0 Å². The van der Waals surface area contributed by atoms with Crippen molar-refractivity contribution in [3.8, 4) is 11.5 Å². The van der Waals surface area contributed by atoms with Gasteiger partial charge in [0, 0.05) is 0 Å². The normalized spacial score (nSPS) is 16.0. The van der Waals surface area contributed by atoms with E-state index in [0.717, 1.165) is 16.7 Å². The Bertz CT molecular complexity index is 873. The molecule has 128 valence electrons. The Labute approximate surface area is 157 Å². The molecule has 1 heterocycles. The fourth-order valence-corrected chi connectivity index (χ4v) is 3.59. The number of methoxy groups -OCH3 is 1. The van der Waals surface area contributed by atoms with Crippen LogP contribution in [0, 0.1) is 0 Å². The first-order valence-electron chi connectivity index (χ1n) is 7.00. The zero-order valence-electron chi connectivity index (χ0n) is 12.8. The summed E-state index contributed by atoms with van der Waals surface area (Å²) in [5, 5.41) is 9.31. The van der Waals surface area contributed by atoms with Gasteiger partial charge in [-0.05, 0) is 59.8 Å². The van der Waals surface area contributed by atoms with Crippen molar-refractivity contribution in [1.82, 2.24) is 0 Å². The van der Waals surface area contributed by atoms with Gasteiger partial charge in [0.15, 0.2) is 5.75 Å². The molecule has 0 unspecified atom stereocenters. The summed E-state index contributed by atoms with van der Waals surface area (Å²) in [4.78, 5) is 26.1. The lowest BCUT2D eigenvalue weighted by Gasteiger charge is -2.12. The maximum atomic E-state index is 12.6. The largest absolute Gasteiger partial charge is 0.505 e. The number of phenolic OH excluding ortho intramolecular Hbond substituents is 1. The molecular weight excluding hydrogens is 385 g/mol. The molecule has 8 heteroatoms. The molecule has 1 N–H and O–H groups in total. The molecule has 25 heavy (non-hydrogen) atoms. The van der Waals surface area contributed by atoms with Crippen LogP contribution in [0.15, 0.2) is 41.3 Å². The molecule has 1 aliphatic heterocycles. The van der Waals surface area contributed by atoms with E-state index >= 15 is 0 Å². The van der Waals surface area contributed by atoms with E-state index in [4.69, 9.17) is 27.9 Å². The van der Waals surface area contributed by atoms with Crippen LogP contribution in [-0.4, -0.2) is 23.4 Å². The molecule has 3 rings (SSSR count). The molecule has 5 nitrogen and oxygen atoms in total. The average molecular weight is 396 g/mol. The van der Waals surface area contributed by atoms with E-state index in [1.54, 1.807) is 24.3 Å². The van der Waals surface area contributed by atoms with Gasteiger partial charge in [-0.15, -0.1) is 0 Å². The zero-order valence-corrected chi connectivity index (χ0v) is 15.2. The predicted molar refractivity (Wildman–Crippen MR) is 99.6 cm³/mol. The number of halogens is 2. The van der Waals surface area contributed by atoms with E-state index in [1.165, 1.54) is 25.3 Å². The van der Waals surface area contributed by atoms with Crippen LogP contribution in [0.5, 0.6) is 11.5 Å². The molecule has 0 bridgehead atoms. The minimum absolute atomic E-state index is 0.0631. The number of amides is 2. The standard InChI is InChI=1S/C17H11Cl2NO4S/c1-24-11-4-2-10(3-5-11)20-16(22)14(25-17(20)23)8-9-6-12(18)15(21)13(19)7-9/h2-8,21H,1H3. The number of hydrogen-bond donors (Lipinski definition) is 1. The first kappa shape index (κ1) is 17.7. The van der Waals surface area contributed by atoms with E-state index in [0.29, 0.717) is 17.0 Å². The van der Waals surface area contributed by atoms with Crippen LogP contribution in [-0.2, 0) is 4.79 Å². The highest BCUT2D eigenvalue weighted by molar-refractivity contribution is 8.19. The first-order valence-corrected chi connectivity index (χ1v) is 8.58. The van der Waals surface area contributed by atoms with Gasteiger partial charge in [0.25, 0.3) is 11.1 Å². The molecule has 0 spiro atoms. The molecule has 0 radical (unpaired) electrons. The third kappa shape index (κ3) is 3.46. The summed E-state index contributed by atoms with van der Waals surface area (Å²) >= 11 is 12.6. The van der Waals surface area contributed by atoms with Crippen LogP contribution in [0.25, 0.3) is 6.08 Å². The second-order valence-corrected chi connectivity index (χ2v) is 6.86. The molecule has 2 aromatic rings. The molecule has 0 aromatic heterocycles. The highest BCUT2D eigenvalue weighted by atomic mass is 35.5. The number of thioether (sulfide) groups is 1. The molecule has 2 aromatic carbocycles. The lowest BCUT2D eigenvalue weighted by molar-refractivity contribution is -0.113. The topological polar surface area (TPSA) is 66.8 Å². The van der Waals surface area contributed by atoms with Gasteiger partial charge in [0.2, 0.25) is 0 Å². The number of benzene rings is 2. The van der Waals surface area contributed by atoms with E-state index in [2.05, 4.69) is 0 Å². The summed E-state index contributed by atoms with van der Waals surface area (Å²) in [6.07, 6.45) is 1.51. The van der Waals surface area contributed by atoms with Crippen molar-refractivity contribution in [3.05, 3.63) is 56.9 Å². The fourth-order valence-electron chi connectivity index (χ4n) is 2.24. The summed E-state index contributed by atoms with van der Waals surface area (Å²) in [6.45, 7) is 0. The van der Waals surface area contributed by atoms with Crippen LogP contribution >= 0.6 is 35.0 Å². The molecule has 2 amide bonds. The highest BCUT2D eigenvalue weighted by Gasteiger charge is 2.36. The Morgan fingerprint density at radius 2 is 1.72 bits per heavy atom. The SMILES string of the molecule is COc1ccc(N2C(=O)SC(=Cc3cc(Cl)c(O)c(Cl)c3)C2=O)cc1. The average Bonchev–Trinajstić information content (AvgIpc) is 2.86. The van der Waals surface area contributed by atoms with E-state index < -0.39 is 11.1 Å². The fraction of sp³-hybridized carbons (Fsp3) is 0.0588. The summed E-state index contributed by atoms with van der Waals surface area (Å²) in [5.41, 5.74) is 0.960. The van der Waals surface area contributed by atoms with E-state index in [1.807, 2.05) is 0 Å². The zero-order chi connectivity index (χ0) is 18.1. The minimum atomic E-state index is -0.444. The maximum absolute atomic E-state index is 12.6. The maximum Gasteiger partial charge on any atom is 0.298 e. The molecule has 1 saturated heterocycles. The van der Waals surface area contributed by atoms with Crippen molar-refractivity contribution >= 4 is 57.9 Å². The molecule has 1 aliphatic rings. The Kier molecular flexibility index (Phi) is 4.94. The van der Waals surface area contributed by atoms with Crippen molar-refractivity contribution < 1.29 is 19.4 Å². The van der Waals surface area contributed by atoms with Crippen LogP contribution in [0.2, 0.25) is 10.0 Å². The monoisotopic (exact) mass is 395 g/mol. The number of imide groups is 1. The van der Waals surface area contributed by atoms with Crippen LogP contribution in [0.4, 0.5) is 10.5 Å². The van der Waals surface area contributed by atoms with Crippen LogP contribution in [0.1, 0.15) is 5.56 Å². The number of carbonyl (C=O) groups excluding carboxylic acids is 2. The third-order valence-corrected chi connectivity index (χ3v) is 4.91.